The summed E-state index contributed by atoms with van der Waals surface area (Å²) < 4.78 is 0. The maximum Gasteiger partial charge on any atom is 0.0233 e. The molecule has 0 bridgehead atoms. The number of nitrogens with one attached hydrogen (secondary N) is 1. The summed E-state index contributed by atoms with van der Waals surface area (Å²) in [5.41, 5.74) is 2.79. The Labute approximate surface area is 118 Å². The summed E-state index contributed by atoms with van der Waals surface area (Å²) in [4.78, 5) is 2.60. The summed E-state index contributed by atoms with van der Waals surface area (Å²) in [6, 6.07) is 9.68. The molecule has 106 valence electrons. The van der Waals surface area contributed by atoms with Crippen molar-refractivity contribution >= 4 is 0 Å². The molecule has 0 aromatic heterocycles. The number of benzene rings is 1. The first-order valence-corrected chi connectivity index (χ1v) is 7.70. The second-order valence-corrected chi connectivity index (χ2v) is 6.05. The van der Waals surface area contributed by atoms with Crippen LogP contribution >= 0.6 is 0 Å². The molecule has 2 unspecified atom stereocenters. The minimum absolute atomic E-state index is 0.717. The minimum atomic E-state index is 0.717. The van der Waals surface area contributed by atoms with E-state index in [-0.39, 0.29) is 0 Å². The van der Waals surface area contributed by atoms with Gasteiger partial charge in [0.05, 0.1) is 0 Å². The Bertz CT molecular complexity index is 371. The number of piperidine rings is 1. The molecule has 0 aliphatic carbocycles. The van der Waals surface area contributed by atoms with E-state index in [4.69, 9.17) is 0 Å². The van der Waals surface area contributed by atoms with Crippen molar-refractivity contribution in [1.29, 1.82) is 0 Å². The van der Waals surface area contributed by atoms with E-state index in [1.807, 2.05) is 0 Å². The van der Waals surface area contributed by atoms with Crippen molar-refractivity contribution < 1.29 is 0 Å². The van der Waals surface area contributed by atoms with Crippen molar-refractivity contribution in [3.05, 3.63) is 35.4 Å². The lowest BCUT2D eigenvalue weighted by Crippen LogP contribution is -2.48. The molecule has 1 aromatic carbocycles. The first-order valence-electron chi connectivity index (χ1n) is 7.70. The van der Waals surface area contributed by atoms with Crippen molar-refractivity contribution in [2.24, 2.45) is 5.92 Å². The molecule has 1 aromatic rings. The maximum atomic E-state index is 3.69. The minimum Gasteiger partial charge on any atom is -0.314 e. The highest BCUT2D eigenvalue weighted by molar-refractivity contribution is 5.21. The highest BCUT2D eigenvalue weighted by Gasteiger charge is 2.25. The van der Waals surface area contributed by atoms with E-state index in [0.717, 1.165) is 19.0 Å². The first-order chi connectivity index (χ1) is 9.19. The molecule has 1 N–H and O–H groups in total. The zero-order valence-electron chi connectivity index (χ0n) is 12.7. The van der Waals surface area contributed by atoms with Gasteiger partial charge in [0.25, 0.3) is 0 Å². The van der Waals surface area contributed by atoms with Gasteiger partial charge in [-0.3, -0.25) is 4.90 Å². The molecule has 2 heteroatoms. The number of aryl methyl sites for hydroxylation is 1. The van der Waals surface area contributed by atoms with Crippen LogP contribution in [-0.2, 0) is 6.54 Å². The highest BCUT2D eigenvalue weighted by atomic mass is 15.1. The Balaban J connectivity index is 1.82. The van der Waals surface area contributed by atoms with E-state index in [1.54, 1.807) is 0 Å². The van der Waals surface area contributed by atoms with Crippen LogP contribution in [0.5, 0.6) is 0 Å². The number of hydrogen-bond acceptors (Lipinski definition) is 2. The molecule has 1 aliphatic rings. The Morgan fingerprint density at radius 3 is 2.63 bits per heavy atom. The van der Waals surface area contributed by atoms with Crippen LogP contribution < -0.4 is 5.32 Å². The van der Waals surface area contributed by atoms with Crippen LogP contribution in [0.1, 0.15) is 37.8 Å². The largest absolute Gasteiger partial charge is 0.314 e. The number of nitrogens with zero attached hydrogens (tertiary/aromatic N) is 1. The fourth-order valence-corrected chi connectivity index (χ4v) is 2.96. The van der Waals surface area contributed by atoms with Crippen molar-refractivity contribution in [2.45, 2.75) is 46.2 Å². The predicted molar refractivity (Wildman–Crippen MR) is 82.3 cm³/mol. The van der Waals surface area contributed by atoms with Gasteiger partial charge in [-0.15, -0.1) is 0 Å². The van der Waals surface area contributed by atoms with Crippen LogP contribution in [0.4, 0.5) is 0 Å². The molecule has 1 fully saturated rings. The van der Waals surface area contributed by atoms with Crippen molar-refractivity contribution in [3.63, 3.8) is 0 Å². The molecule has 2 nitrogen and oxygen atoms in total. The third-order valence-electron chi connectivity index (χ3n) is 4.17. The average molecular weight is 260 g/mol. The van der Waals surface area contributed by atoms with E-state index in [9.17, 15) is 0 Å². The molecule has 2 atom stereocenters. The van der Waals surface area contributed by atoms with E-state index in [2.05, 4.69) is 55.3 Å². The third kappa shape index (κ3) is 4.32. The number of likely N-dealkylation sites (tertiary alicyclic amines) is 1. The summed E-state index contributed by atoms with van der Waals surface area (Å²) in [5.74, 6) is 0.755. The molecular weight excluding hydrogens is 232 g/mol. The van der Waals surface area contributed by atoms with Gasteiger partial charge in [0, 0.05) is 19.1 Å². The summed E-state index contributed by atoms with van der Waals surface area (Å²) in [6.07, 6.45) is 2.52. The second-order valence-electron chi connectivity index (χ2n) is 6.05. The molecule has 1 saturated heterocycles. The Morgan fingerprint density at radius 1 is 1.26 bits per heavy atom. The lowest BCUT2D eigenvalue weighted by atomic mass is 9.93. The van der Waals surface area contributed by atoms with Crippen LogP contribution in [0.15, 0.2) is 24.3 Å². The van der Waals surface area contributed by atoms with Gasteiger partial charge in [-0.05, 0) is 44.3 Å². The monoisotopic (exact) mass is 260 g/mol. The van der Waals surface area contributed by atoms with Gasteiger partial charge in [0.2, 0.25) is 0 Å². The van der Waals surface area contributed by atoms with Gasteiger partial charge >= 0.3 is 0 Å². The van der Waals surface area contributed by atoms with E-state index in [0.29, 0.717) is 6.04 Å². The van der Waals surface area contributed by atoms with Gasteiger partial charge < -0.3 is 5.32 Å². The number of hydrogen-bond donors (Lipinski definition) is 1. The molecule has 0 amide bonds. The Morgan fingerprint density at radius 2 is 2.00 bits per heavy atom. The predicted octanol–water partition coefficient (Wildman–Crippen LogP) is 3.21. The summed E-state index contributed by atoms with van der Waals surface area (Å²) >= 11 is 0. The maximum absolute atomic E-state index is 3.69. The Kier molecular flexibility index (Phi) is 5.41. The van der Waals surface area contributed by atoms with E-state index in [1.165, 1.54) is 37.1 Å². The normalized spacial score (nSPS) is 24.6. The Hall–Kier alpha value is -0.860. The van der Waals surface area contributed by atoms with Crippen LogP contribution in [0, 0.1) is 12.8 Å². The smallest absolute Gasteiger partial charge is 0.0233 e. The molecule has 0 spiro atoms. The quantitative estimate of drug-likeness (QED) is 0.874. The van der Waals surface area contributed by atoms with Crippen LogP contribution in [0.2, 0.25) is 0 Å². The lowest BCUT2D eigenvalue weighted by Gasteiger charge is -2.37. The molecule has 19 heavy (non-hydrogen) atoms. The molecule has 0 saturated carbocycles. The van der Waals surface area contributed by atoms with E-state index >= 15 is 0 Å². The number of rotatable bonds is 5. The van der Waals surface area contributed by atoms with Crippen LogP contribution in [-0.4, -0.2) is 30.6 Å². The van der Waals surface area contributed by atoms with Gasteiger partial charge in [-0.2, -0.15) is 0 Å². The molecule has 0 radical (unpaired) electrons. The SMILES string of the molecule is CCCNC1CCN(Cc2ccc(C)cc2)CC1C. The second kappa shape index (κ2) is 7.06. The highest BCUT2D eigenvalue weighted by Crippen LogP contribution is 2.19. The van der Waals surface area contributed by atoms with E-state index < -0.39 is 0 Å². The molecule has 2 rings (SSSR count). The van der Waals surface area contributed by atoms with Crippen LogP contribution in [0.3, 0.4) is 0 Å². The zero-order valence-corrected chi connectivity index (χ0v) is 12.7. The van der Waals surface area contributed by atoms with Crippen molar-refractivity contribution in [1.82, 2.24) is 10.2 Å². The summed E-state index contributed by atoms with van der Waals surface area (Å²) in [7, 11) is 0. The summed E-state index contributed by atoms with van der Waals surface area (Å²) in [6.45, 7) is 11.5. The fraction of sp³-hybridized carbons (Fsp3) is 0.647. The topological polar surface area (TPSA) is 15.3 Å². The fourth-order valence-electron chi connectivity index (χ4n) is 2.96. The average Bonchev–Trinajstić information content (AvgIpc) is 2.41. The standard InChI is InChI=1S/C17H28N2/c1-4-10-18-17-9-11-19(12-15(17)3)13-16-7-5-14(2)6-8-16/h5-8,15,17-18H,4,9-13H2,1-3H3. The van der Waals surface area contributed by atoms with Crippen LogP contribution in [0.25, 0.3) is 0 Å². The van der Waals surface area contributed by atoms with Crippen molar-refractivity contribution in [2.75, 3.05) is 19.6 Å². The third-order valence-corrected chi connectivity index (χ3v) is 4.17. The first kappa shape index (κ1) is 14.5. The zero-order chi connectivity index (χ0) is 13.7. The van der Waals surface area contributed by atoms with Crippen molar-refractivity contribution in [3.8, 4) is 0 Å². The van der Waals surface area contributed by atoms with Gasteiger partial charge in [0.15, 0.2) is 0 Å². The van der Waals surface area contributed by atoms with Gasteiger partial charge in [0.1, 0.15) is 0 Å². The molecule has 1 aliphatic heterocycles. The molecular formula is C17H28N2. The van der Waals surface area contributed by atoms with Gasteiger partial charge in [-0.25, -0.2) is 0 Å². The summed E-state index contributed by atoms with van der Waals surface area (Å²) in [5, 5.41) is 3.69. The molecule has 1 heterocycles. The van der Waals surface area contributed by atoms with Gasteiger partial charge in [-0.1, -0.05) is 43.7 Å². The lowest BCUT2D eigenvalue weighted by molar-refractivity contribution is 0.141.